The predicted octanol–water partition coefficient (Wildman–Crippen LogP) is 5.47. The molecular weight excluding hydrogens is 482 g/mol. The summed E-state index contributed by atoms with van der Waals surface area (Å²) in [5.74, 6) is -0.147. The number of aliphatic hydroxyl groups is 1. The highest BCUT2D eigenvalue weighted by Gasteiger charge is 2.36. The maximum atomic E-state index is 13.7. The third-order valence-electron chi connectivity index (χ3n) is 5.29. The highest BCUT2D eigenvalue weighted by atomic mass is 35.5. The highest BCUT2D eigenvalue weighted by molar-refractivity contribution is 6.42. The van der Waals surface area contributed by atoms with Crippen LogP contribution in [-0.4, -0.2) is 34.5 Å². The monoisotopic (exact) mass is 501 g/mol. The van der Waals surface area contributed by atoms with E-state index in [2.05, 4.69) is 15.5 Å². The summed E-state index contributed by atoms with van der Waals surface area (Å²) in [7, 11) is 0. The standard InChI is InChI=1S/C22H20Cl2F3N3O3/c23-15-5-3-12(10-16(15)24)2-1-9-32-18-6-4-13(11-14(18)22(25,26)27)20-29-21(33-30-20)19-17(31)7-8-28-19/h3-6,10-11,17,19,28,31H,1-2,7-9H2/t17-,19-/m0/s1. The lowest BCUT2D eigenvalue weighted by Gasteiger charge is -2.15. The van der Waals surface area contributed by atoms with Crippen LogP contribution >= 0.6 is 23.2 Å². The normalized spacial score (nSPS) is 18.6. The van der Waals surface area contributed by atoms with Crippen LogP contribution in [0.4, 0.5) is 13.2 Å². The van der Waals surface area contributed by atoms with E-state index in [0.717, 1.165) is 11.6 Å². The van der Waals surface area contributed by atoms with Gasteiger partial charge in [0, 0.05) is 5.56 Å². The third kappa shape index (κ3) is 5.60. The second kappa shape index (κ2) is 9.89. The fraction of sp³-hybridized carbons (Fsp3) is 0.364. The van der Waals surface area contributed by atoms with Crippen molar-refractivity contribution in [2.45, 2.75) is 37.6 Å². The summed E-state index contributed by atoms with van der Waals surface area (Å²) in [6, 6.07) is 8.29. The van der Waals surface area contributed by atoms with Gasteiger partial charge in [-0.1, -0.05) is 34.4 Å². The Labute approximate surface area is 197 Å². The number of nitrogens with one attached hydrogen (secondary N) is 1. The lowest BCUT2D eigenvalue weighted by atomic mass is 10.1. The van der Waals surface area contributed by atoms with Crippen LogP contribution in [0.2, 0.25) is 10.0 Å². The average Bonchev–Trinajstić information content (AvgIpc) is 3.42. The van der Waals surface area contributed by atoms with Crippen LogP contribution < -0.4 is 10.1 Å². The van der Waals surface area contributed by atoms with E-state index in [1.807, 2.05) is 6.07 Å². The van der Waals surface area contributed by atoms with E-state index in [-0.39, 0.29) is 29.6 Å². The van der Waals surface area contributed by atoms with Gasteiger partial charge in [0.2, 0.25) is 11.7 Å². The van der Waals surface area contributed by atoms with Crippen LogP contribution in [0.3, 0.4) is 0 Å². The van der Waals surface area contributed by atoms with Crippen molar-refractivity contribution in [1.29, 1.82) is 0 Å². The first-order chi connectivity index (χ1) is 15.7. The number of alkyl halides is 3. The minimum absolute atomic E-state index is 0.00238. The summed E-state index contributed by atoms with van der Waals surface area (Å²) in [5.41, 5.74) is 0.113. The fourth-order valence-electron chi connectivity index (χ4n) is 3.59. The number of aliphatic hydroxyl groups excluding tert-OH is 1. The van der Waals surface area contributed by atoms with Gasteiger partial charge in [-0.2, -0.15) is 18.2 Å². The van der Waals surface area contributed by atoms with Gasteiger partial charge in [0.25, 0.3) is 0 Å². The first kappa shape index (κ1) is 23.8. The van der Waals surface area contributed by atoms with Crippen molar-refractivity contribution in [2.24, 2.45) is 0 Å². The Morgan fingerprint density at radius 2 is 1.97 bits per heavy atom. The van der Waals surface area contributed by atoms with Gasteiger partial charge in [0.05, 0.1) is 28.3 Å². The molecular formula is C22H20Cl2F3N3O3. The Morgan fingerprint density at radius 1 is 1.15 bits per heavy atom. The SMILES string of the molecule is O[C@H]1CCN[C@@H]1c1nc(-c2ccc(OCCCc3ccc(Cl)c(Cl)c3)c(C(F)(F)F)c2)no1. The fourth-order valence-corrected chi connectivity index (χ4v) is 3.91. The lowest BCUT2D eigenvalue weighted by Crippen LogP contribution is -2.21. The van der Waals surface area contributed by atoms with Crippen LogP contribution in [0.25, 0.3) is 11.4 Å². The molecule has 4 rings (SSSR count). The number of nitrogens with zero attached hydrogens (tertiary/aromatic N) is 2. The molecule has 1 saturated heterocycles. The molecule has 0 radical (unpaired) electrons. The molecule has 0 spiro atoms. The minimum Gasteiger partial charge on any atom is -0.493 e. The summed E-state index contributed by atoms with van der Waals surface area (Å²) in [4.78, 5) is 4.16. The molecule has 1 aliphatic rings. The van der Waals surface area contributed by atoms with E-state index in [4.69, 9.17) is 32.5 Å². The van der Waals surface area contributed by atoms with Crippen molar-refractivity contribution in [3.8, 4) is 17.1 Å². The summed E-state index contributed by atoms with van der Waals surface area (Å²) >= 11 is 11.9. The van der Waals surface area contributed by atoms with Gasteiger partial charge < -0.3 is 19.7 Å². The predicted molar refractivity (Wildman–Crippen MR) is 116 cm³/mol. The minimum atomic E-state index is -4.63. The van der Waals surface area contributed by atoms with E-state index in [9.17, 15) is 18.3 Å². The number of hydrogen-bond acceptors (Lipinski definition) is 6. The Bertz CT molecular complexity index is 1120. The topological polar surface area (TPSA) is 80.4 Å². The van der Waals surface area contributed by atoms with Crippen molar-refractivity contribution >= 4 is 23.2 Å². The largest absolute Gasteiger partial charge is 0.493 e. The van der Waals surface area contributed by atoms with Crippen molar-refractivity contribution in [3.05, 3.63) is 63.5 Å². The Hall–Kier alpha value is -2.33. The van der Waals surface area contributed by atoms with Gasteiger partial charge in [-0.15, -0.1) is 0 Å². The number of benzene rings is 2. The molecule has 2 N–H and O–H groups in total. The molecule has 6 nitrogen and oxygen atoms in total. The molecule has 0 aliphatic carbocycles. The summed E-state index contributed by atoms with van der Waals surface area (Å²) < 4.78 is 51.7. The number of hydrogen-bond donors (Lipinski definition) is 2. The maximum absolute atomic E-state index is 13.7. The quantitative estimate of drug-likeness (QED) is 0.418. The molecule has 2 aromatic carbocycles. The molecule has 3 aromatic rings. The van der Waals surface area contributed by atoms with Gasteiger partial charge in [0.1, 0.15) is 11.8 Å². The van der Waals surface area contributed by atoms with Gasteiger partial charge in [-0.3, -0.25) is 0 Å². The smallest absolute Gasteiger partial charge is 0.419 e. The van der Waals surface area contributed by atoms with E-state index >= 15 is 0 Å². The summed E-state index contributed by atoms with van der Waals surface area (Å²) in [6.45, 7) is 0.666. The highest BCUT2D eigenvalue weighted by Crippen LogP contribution is 2.39. The number of aromatic nitrogens is 2. The van der Waals surface area contributed by atoms with Crippen molar-refractivity contribution < 1.29 is 27.5 Å². The Kier molecular flexibility index (Phi) is 7.13. The molecule has 0 saturated carbocycles. The van der Waals surface area contributed by atoms with E-state index in [1.165, 1.54) is 12.1 Å². The molecule has 2 atom stereocenters. The Morgan fingerprint density at radius 3 is 2.67 bits per heavy atom. The second-order valence-corrected chi connectivity index (χ2v) is 8.47. The number of rotatable bonds is 7. The van der Waals surface area contributed by atoms with Crippen molar-refractivity contribution in [3.63, 3.8) is 0 Å². The van der Waals surface area contributed by atoms with E-state index in [1.54, 1.807) is 12.1 Å². The zero-order valence-electron chi connectivity index (χ0n) is 17.2. The maximum Gasteiger partial charge on any atom is 0.419 e. The zero-order chi connectivity index (χ0) is 23.6. The van der Waals surface area contributed by atoms with Crippen LogP contribution in [0, 0.1) is 0 Å². The molecule has 2 heterocycles. The molecule has 11 heteroatoms. The van der Waals surface area contributed by atoms with Crippen LogP contribution in [0.5, 0.6) is 5.75 Å². The molecule has 176 valence electrons. The number of ether oxygens (including phenoxy) is 1. The average molecular weight is 502 g/mol. The first-order valence-electron chi connectivity index (χ1n) is 10.3. The first-order valence-corrected chi connectivity index (χ1v) is 11.0. The molecule has 33 heavy (non-hydrogen) atoms. The third-order valence-corrected chi connectivity index (χ3v) is 6.03. The van der Waals surface area contributed by atoms with Crippen molar-refractivity contribution in [2.75, 3.05) is 13.2 Å². The molecule has 0 bridgehead atoms. The van der Waals surface area contributed by atoms with Gasteiger partial charge >= 0.3 is 6.18 Å². The van der Waals surface area contributed by atoms with Crippen molar-refractivity contribution in [1.82, 2.24) is 15.5 Å². The molecule has 0 unspecified atom stereocenters. The van der Waals surface area contributed by atoms with E-state index in [0.29, 0.717) is 35.9 Å². The molecule has 1 fully saturated rings. The number of aryl methyl sites for hydroxylation is 1. The van der Waals surface area contributed by atoms with Crippen LogP contribution in [0.15, 0.2) is 40.9 Å². The lowest BCUT2D eigenvalue weighted by molar-refractivity contribution is -0.138. The second-order valence-electron chi connectivity index (χ2n) is 7.65. The van der Waals surface area contributed by atoms with Gasteiger partial charge in [-0.25, -0.2) is 0 Å². The number of halogens is 5. The molecule has 1 aliphatic heterocycles. The zero-order valence-corrected chi connectivity index (χ0v) is 18.7. The summed E-state index contributed by atoms with van der Waals surface area (Å²) in [6.07, 6.45) is -3.74. The van der Waals surface area contributed by atoms with Gasteiger partial charge in [-0.05, 0) is 61.7 Å². The molecule has 0 amide bonds. The van der Waals surface area contributed by atoms with Crippen LogP contribution in [-0.2, 0) is 12.6 Å². The Balaban J connectivity index is 1.45. The van der Waals surface area contributed by atoms with E-state index < -0.39 is 23.9 Å². The van der Waals surface area contributed by atoms with Gasteiger partial charge in [0.15, 0.2) is 0 Å². The van der Waals surface area contributed by atoms with Crippen LogP contribution in [0.1, 0.15) is 35.9 Å². The summed E-state index contributed by atoms with van der Waals surface area (Å²) in [5, 5.41) is 17.6. The molecule has 1 aromatic heterocycles.